The van der Waals surface area contributed by atoms with Crippen LogP contribution in [0.3, 0.4) is 0 Å². The molecule has 162 valence electrons. The zero-order valence-electron chi connectivity index (χ0n) is 18.1. The minimum absolute atomic E-state index is 0.0223. The summed E-state index contributed by atoms with van der Waals surface area (Å²) in [4.78, 5) is 27.0. The van der Waals surface area contributed by atoms with E-state index < -0.39 is 0 Å². The first-order chi connectivity index (χ1) is 13.9. The molecule has 2 rings (SSSR count). The Morgan fingerprint density at radius 2 is 1.79 bits per heavy atom. The zero-order chi connectivity index (χ0) is 21.2. The van der Waals surface area contributed by atoms with Crippen molar-refractivity contribution >= 4 is 17.5 Å². The highest BCUT2D eigenvalue weighted by molar-refractivity contribution is 5.94. The standard InChI is InChI=1S/C22H35N3O4/c1-16(2)29-15-5-12-23-22(27)18-10-13-25(14-11-18)17(3)21(26)24-19-6-8-20(28-4)9-7-19/h6-9,16-18H,5,10-15H2,1-4H3,(H,23,27)(H,24,26). The van der Waals surface area contributed by atoms with E-state index in [4.69, 9.17) is 9.47 Å². The maximum absolute atomic E-state index is 12.6. The van der Waals surface area contributed by atoms with Gasteiger partial charge in [0.25, 0.3) is 0 Å². The summed E-state index contributed by atoms with van der Waals surface area (Å²) >= 11 is 0. The quantitative estimate of drug-likeness (QED) is 0.585. The number of likely N-dealkylation sites (tertiary alicyclic amines) is 1. The highest BCUT2D eigenvalue weighted by Gasteiger charge is 2.29. The van der Waals surface area contributed by atoms with Crippen molar-refractivity contribution in [1.29, 1.82) is 0 Å². The van der Waals surface area contributed by atoms with Crippen molar-refractivity contribution in [1.82, 2.24) is 10.2 Å². The third-order valence-electron chi connectivity index (χ3n) is 5.26. The Balaban J connectivity index is 1.70. The van der Waals surface area contributed by atoms with Crippen molar-refractivity contribution in [3.05, 3.63) is 24.3 Å². The maximum atomic E-state index is 12.6. The summed E-state index contributed by atoms with van der Waals surface area (Å²) in [5.74, 6) is 0.853. The SMILES string of the molecule is COc1ccc(NC(=O)C(C)N2CCC(C(=O)NCCCOC(C)C)CC2)cc1. The number of nitrogens with one attached hydrogen (secondary N) is 2. The van der Waals surface area contributed by atoms with E-state index in [0.717, 1.165) is 43.8 Å². The monoisotopic (exact) mass is 405 g/mol. The predicted molar refractivity (Wildman–Crippen MR) is 114 cm³/mol. The molecule has 0 bridgehead atoms. The van der Waals surface area contributed by atoms with Gasteiger partial charge in [-0.05, 0) is 77.4 Å². The zero-order valence-corrected chi connectivity index (χ0v) is 18.1. The van der Waals surface area contributed by atoms with Gasteiger partial charge in [0.2, 0.25) is 11.8 Å². The lowest BCUT2D eigenvalue weighted by molar-refractivity contribution is -0.127. The number of hydrogen-bond donors (Lipinski definition) is 2. The molecule has 2 N–H and O–H groups in total. The van der Waals surface area contributed by atoms with Crippen molar-refractivity contribution in [2.75, 3.05) is 38.7 Å². The van der Waals surface area contributed by atoms with Gasteiger partial charge in [0.1, 0.15) is 5.75 Å². The summed E-state index contributed by atoms with van der Waals surface area (Å²) < 4.78 is 10.6. The highest BCUT2D eigenvalue weighted by atomic mass is 16.5. The lowest BCUT2D eigenvalue weighted by Crippen LogP contribution is -2.48. The van der Waals surface area contributed by atoms with Crippen LogP contribution in [0.15, 0.2) is 24.3 Å². The van der Waals surface area contributed by atoms with Crippen LogP contribution in [0.1, 0.15) is 40.0 Å². The van der Waals surface area contributed by atoms with E-state index in [2.05, 4.69) is 15.5 Å². The van der Waals surface area contributed by atoms with E-state index in [1.54, 1.807) is 7.11 Å². The van der Waals surface area contributed by atoms with Gasteiger partial charge < -0.3 is 20.1 Å². The first-order valence-electron chi connectivity index (χ1n) is 10.5. The molecule has 0 aromatic heterocycles. The van der Waals surface area contributed by atoms with Crippen molar-refractivity contribution in [2.45, 2.75) is 52.2 Å². The molecule has 1 aromatic carbocycles. The Morgan fingerprint density at radius 1 is 1.14 bits per heavy atom. The van der Waals surface area contributed by atoms with Crippen molar-refractivity contribution in [2.24, 2.45) is 5.92 Å². The predicted octanol–water partition coefficient (Wildman–Crippen LogP) is 2.67. The smallest absolute Gasteiger partial charge is 0.241 e. The van der Waals surface area contributed by atoms with Gasteiger partial charge in [-0.15, -0.1) is 0 Å². The molecule has 0 radical (unpaired) electrons. The lowest BCUT2D eigenvalue weighted by atomic mass is 9.95. The lowest BCUT2D eigenvalue weighted by Gasteiger charge is -2.34. The molecule has 1 aliphatic rings. The summed E-state index contributed by atoms with van der Waals surface area (Å²) in [7, 11) is 1.61. The number of carbonyl (C=O) groups excluding carboxylic acids is 2. The van der Waals surface area contributed by atoms with E-state index >= 15 is 0 Å². The number of rotatable bonds is 10. The Labute approximate surface area is 174 Å². The molecule has 1 fully saturated rings. The van der Waals surface area contributed by atoms with Crippen LogP contribution in [0.5, 0.6) is 5.75 Å². The molecule has 1 aromatic rings. The molecular weight excluding hydrogens is 370 g/mol. The molecule has 0 saturated carbocycles. The van der Waals surface area contributed by atoms with Crippen LogP contribution in [-0.4, -0.2) is 62.2 Å². The van der Waals surface area contributed by atoms with Crippen LogP contribution >= 0.6 is 0 Å². The van der Waals surface area contributed by atoms with E-state index in [0.29, 0.717) is 13.2 Å². The second-order valence-corrected chi connectivity index (χ2v) is 7.77. The molecule has 7 nitrogen and oxygen atoms in total. The molecule has 1 atom stereocenters. The second-order valence-electron chi connectivity index (χ2n) is 7.77. The van der Waals surface area contributed by atoms with Crippen molar-refractivity contribution in [3.8, 4) is 5.75 Å². The average Bonchev–Trinajstić information content (AvgIpc) is 2.73. The molecule has 1 heterocycles. The first kappa shape index (κ1) is 23.2. The van der Waals surface area contributed by atoms with Gasteiger partial charge in [0.15, 0.2) is 0 Å². The number of ether oxygens (including phenoxy) is 2. The maximum Gasteiger partial charge on any atom is 0.241 e. The summed E-state index contributed by atoms with van der Waals surface area (Å²) in [6.07, 6.45) is 2.59. The van der Waals surface area contributed by atoms with Gasteiger partial charge in [-0.2, -0.15) is 0 Å². The summed E-state index contributed by atoms with van der Waals surface area (Å²) in [6.45, 7) is 8.71. The Bertz CT molecular complexity index is 640. The fourth-order valence-electron chi connectivity index (χ4n) is 3.38. The summed E-state index contributed by atoms with van der Waals surface area (Å²) in [5, 5.41) is 5.95. The number of nitrogens with zero attached hydrogens (tertiary/aromatic N) is 1. The third-order valence-corrected chi connectivity index (χ3v) is 5.26. The largest absolute Gasteiger partial charge is 0.497 e. The molecule has 0 aliphatic carbocycles. The molecule has 7 heteroatoms. The first-order valence-corrected chi connectivity index (χ1v) is 10.5. The Kier molecular flexibility index (Phi) is 9.41. The Hall–Kier alpha value is -2.12. The number of anilines is 1. The molecule has 0 spiro atoms. The molecular formula is C22H35N3O4. The van der Waals surface area contributed by atoms with Crippen molar-refractivity contribution in [3.63, 3.8) is 0 Å². The van der Waals surface area contributed by atoms with E-state index in [-0.39, 0.29) is 29.9 Å². The normalized spacial score (nSPS) is 16.4. The number of carbonyl (C=O) groups is 2. The van der Waals surface area contributed by atoms with Gasteiger partial charge in [-0.25, -0.2) is 0 Å². The summed E-state index contributed by atoms with van der Waals surface area (Å²) in [6, 6.07) is 7.05. The van der Waals surface area contributed by atoms with Crippen LogP contribution in [0, 0.1) is 5.92 Å². The van der Waals surface area contributed by atoms with E-state index in [1.165, 1.54) is 0 Å². The molecule has 1 saturated heterocycles. The van der Waals surface area contributed by atoms with Crippen LogP contribution in [0.25, 0.3) is 0 Å². The average molecular weight is 406 g/mol. The van der Waals surface area contributed by atoms with E-state index in [9.17, 15) is 9.59 Å². The number of amides is 2. The molecule has 29 heavy (non-hydrogen) atoms. The van der Waals surface area contributed by atoms with Crippen LogP contribution in [-0.2, 0) is 14.3 Å². The van der Waals surface area contributed by atoms with Crippen LogP contribution in [0.2, 0.25) is 0 Å². The van der Waals surface area contributed by atoms with Gasteiger partial charge in [-0.1, -0.05) is 0 Å². The van der Waals surface area contributed by atoms with Crippen LogP contribution in [0.4, 0.5) is 5.69 Å². The number of methoxy groups -OCH3 is 1. The number of piperidine rings is 1. The highest BCUT2D eigenvalue weighted by Crippen LogP contribution is 2.20. The number of benzene rings is 1. The molecule has 2 amide bonds. The fraction of sp³-hybridized carbons (Fsp3) is 0.636. The summed E-state index contributed by atoms with van der Waals surface area (Å²) in [5.41, 5.74) is 0.748. The van der Waals surface area contributed by atoms with Crippen molar-refractivity contribution < 1.29 is 19.1 Å². The van der Waals surface area contributed by atoms with E-state index in [1.807, 2.05) is 45.0 Å². The fourth-order valence-corrected chi connectivity index (χ4v) is 3.38. The Morgan fingerprint density at radius 3 is 2.38 bits per heavy atom. The number of hydrogen-bond acceptors (Lipinski definition) is 5. The minimum Gasteiger partial charge on any atom is -0.497 e. The van der Waals surface area contributed by atoms with Gasteiger partial charge in [0.05, 0.1) is 19.3 Å². The minimum atomic E-state index is -0.241. The van der Waals surface area contributed by atoms with Gasteiger partial charge in [0, 0.05) is 24.8 Å². The van der Waals surface area contributed by atoms with Gasteiger partial charge in [-0.3, -0.25) is 14.5 Å². The third kappa shape index (κ3) is 7.66. The molecule has 1 unspecified atom stereocenters. The topological polar surface area (TPSA) is 79.9 Å². The second kappa shape index (κ2) is 11.8. The van der Waals surface area contributed by atoms with Gasteiger partial charge >= 0.3 is 0 Å². The molecule has 1 aliphatic heterocycles. The van der Waals surface area contributed by atoms with Crippen LogP contribution < -0.4 is 15.4 Å².